The van der Waals surface area contributed by atoms with E-state index >= 15 is 0 Å². The van der Waals surface area contributed by atoms with Crippen molar-refractivity contribution in [1.29, 1.82) is 0 Å². The second-order valence-electron chi connectivity index (χ2n) is 6.89. The van der Waals surface area contributed by atoms with E-state index in [2.05, 4.69) is 15.5 Å². The number of hydrogen-bond acceptors (Lipinski definition) is 3. The molecule has 27 heavy (non-hydrogen) atoms. The normalized spacial score (nSPS) is 13.6. The van der Waals surface area contributed by atoms with Crippen molar-refractivity contribution in [3.8, 4) is 11.3 Å². The van der Waals surface area contributed by atoms with E-state index in [1.807, 2.05) is 60.7 Å². The number of pyridine rings is 1. The molecular weight excluding hydrogens is 336 g/mol. The Bertz CT molecular complexity index is 1130. The number of H-pyrrole nitrogens is 1. The highest BCUT2D eigenvalue weighted by Crippen LogP contribution is 2.40. The number of para-hydroxylation sites is 1. The summed E-state index contributed by atoms with van der Waals surface area (Å²) in [5.74, 6) is 0.377. The largest absolute Gasteiger partial charge is 0.322 e. The van der Waals surface area contributed by atoms with Crippen LogP contribution in [0.2, 0.25) is 0 Å². The molecule has 1 aliphatic carbocycles. The molecule has 0 unspecified atom stereocenters. The highest BCUT2D eigenvalue weighted by Gasteiger charge is 2.27. The van der Waals surface area contributed by atoms with E-state index < -0.39 is 0 Å². The molecule has 1 aliphatic rings. The molecule has 1 amide bonds. The first-order valence-corrected chi connectivity index (χ1v) is 9.09. The summed E-state index contributed by atoms with van der Waals surface area (Å²) in [7, 11) is 0. The number of nitrogens with zero attached hydrogens (tertiary/aromatic N) is 2. The molecule has 0 radical (unpaired) electrons. The summed E-state index contributed by atoms with van der Waals surface area (Å²) < 4.78 is 0. The number of hydrogen-bond donors (Lipinski definition) is 2. The topological polar surface area (TPSA) is 70.7 Å². The maximum absolute atomic E-state index is 13.1. The summed E-state index contributed by atoms with van der Waals surface area (Å²) in [6, 6.07) is 19.4. The average molecular weight is 354 g/mol. The minimum Gasteiger partial charge on any atom is -0.322 e. The molecular formula is C22H18N4O. The second-order valence-corrected chi connectivity index (χ2v) is 6.89. The lowest BCUT2D eigenvalue weighted by molar-refractivity contribution is 0.102. The van der Waals surface area contributed by atoms with Crippen LogP contribution in [0.5, 0.6) is 0 Å². The van der Waals surface area contributed by atoms with Crippen LogP contribution < -0.4 is 5.32 Å². The minimum atomic E-state index is -0.114. The van der Waals surface area contributed by atoms with Gasteiger partial charge in [-0.05, 0) is 43.2 Å². The van der Waals surface area contributed by atoms with E-state index in [1.165, 1.54) is 0 Å². The van der Waals surface area contributed by atoms with E-state index in [9.17, 15) is 4.79 Å². The Morgan fingerprint density at radius 2 is 1.93 bits per heavy atom. The van der Waals surface area contributed by atoms with Gasteiger partial charge >= 0.3 is 0 Å². The van der Waals surface area contributed by atoms with Crippen molar-refractivity contribution in [2.75, 3.05) is 5.32 Å². The van der Waals surface area contributed by atoms with Crippen LogP contribution in [-0.4, -0.2) is 21.1 Å². The molecule has 132 valence electrons. The Hall–Kier alpha value is -3.47. The summed E-state index contributed by atoms with van der Waals surface area (Å²) >= 11 is 0. The molecule has 2 N–H and O–H groups in total. The third-order valence-corrected chi connectivity index (χ3v) is 4.91. The standard InChI is InChI=1S/C22H18N4O/c27-22(24-16-5-3-4-15(12-16)19-10-11-23-26-19)18-13-21(14-8-9-14)25-20-7-2-1-6-17(18)20/h1-7,10-14H,8-9H2,(H,23,26)(H,24,27). The third kappa shape index (κ3) is 3.08. The van der Waals surface area contributed by atoms with Crippen LogP contribution in [0.25, 0.3) is 22.2 Å². The van der Waals surface area contributed by atoms with E-state index in [0.717, 1.165) is 46.4 Å². The zero-order valence-electron chi connectivity index (χ0n) is 14.6. The summed E-state index contributed by atoms with van der Waals surface area (Å²) in [6.07, 6.45) is 4.01. The van der Waals surface area contributed by atoms with Gasteiger partial charge in [-0.2, -0.15) is 5.10 Å². The maximum atomic E-state index is 13.1. The molecule has 0 bridgehead atoms. The van der Waals surface area contributed by atoms with Crippen molar-refractivity contribution in [2.24, 2.45) is 0 Å². The first-order valence-electron chi connectivity index (χ1n) is 9.09. The molecule has 2 heterocycles. The zero-order valence-corrected chi connectivity index (χ0v) is 14.6. The number of nitrogens with one attached hydrogen (secondary N) is 2. The summed E-state index contributed by atoms with van der Waals surface area (Å²) in [5, 5.41) is 10.8. The molecule has 0 spiro atoms. The van der Waals surface area contributed by atoms with Gasteiger partial charge in [-0.1, -0.05) is 30.3 Å². The molecule has 0 saturated heterocycles. The Morgan fingerprint density at radius 3 is 2.74 bits per heavy atom. The zero-order chi connectivity index (χ0) is 18.2. The van der Waals surface area contributed by atoms with Crippen LogP contribution in [-0.2, 0) is 0 Å². The lowest BCUT2D eigenvalue weighted by Gasteiger charge is -2.11. The van der Waals surface area contributed by atoms with Crippen molar-refractivity contribution in [2.45, 2.75) is 18.8 Å². The molecule has 0 atom stereocenters. The van der Waals surface area contributed by atoms with E-state index in [0.29, 0.717) is 11.5 Å². The number of carbonyl (C=O) groups is 1. The molecule has 5 nitrogen and oxygen atoms in total. The number of aromatic nitrogens is 3. The molecule has 2 aromatic heterocycles. The molecule has 4 aromatic rings. The Balaban J connectivity index is 1.50. The van der Waals surface area contributed by atoms with Gasteiger partial charge < -0.3 is 5.32 Å². The second kappa shape index (κ2) is 6.36. The fraction of sp³-hybridized carbons (Fsp3) is 0.136. The third-order valence-electron chi connectivity index (χ3n) is 4.91. The first kappa shape index (κ1) is 15.8. The number of amides is 1. The van der Waals surface area contributed by atoms with Crippen molar-refractivity contribution in [3.05, 3.63) is 78.1 Å². The average Bonchev–Trinajstić information content (AvgIpc) is 3.41. The highest BCUT2D eigenvalue weighted by atomic mass is 16.1. The number of fused-ring (bicyclic) bond motifs is 1. The van der Waals surface area contributed by atoms with Gasteiger partial charge in [0.2, 0.25) is 0 Å². The monoisotopic (exact) mass is 354 g/mol. The Kier molecular flexibility index (Phi) is 3.71. The molecule has 2 aromatic carbocycles. The van der Waals surface area contributed by atoms with Crippen molar-refractivity contribution in [1.82, 2.24) is 15.2 Å². The van der Waals surface area contributed by atoms with Gasteiger partial charge in [0.1, 0.15) is 0 Å². The maximum Gasteiger partial charge on any atom is 0.256 e. The quantitative estimate of drug-likeness (QED) is 0.555. The molecule has 0 aliphatic heterocycles. The summed E-state index contributed by atoms with van der Waals surface area (Å²) in [4.78, 5) is 17.8. The van der Waals surface area contributed by atoms with Crippen LogP contribution in [0.15, 0.2) is 66.9 Å². The predicted molar refractivity (Wildman–Crippen MR) is 106 cm³/mol. The van der Waals surface area contributed by atoms with Crippen LogP contribution in [0, 0.1) is 0 Å². The Labute approximate surface area is 156 Å². The van der Waals surface area contributed by atoms with Crippen LogP contribution in [0.3, 0.4) is 0 Å². The number of benzene rings is 2. The number of carbonyl (C=O) groups excluding carboxylic acids is 1. The smallest absolute Gasteiger partial charge is 0.256 e. The van der Waals surface area contributed by atoms with Gasteiger partial charge in [-0.25, -0.2) is 0 Å². The Morgan fingerprint density at radius 1 is 1.04 bits per heavy atom. The van der Waals surface area contributed by atoms with E-state index in [-0.39, 0.29) is 5.91 Å². The fourth-order valence-electron chi connectivity index (χ4n) is 3.35. The van der Waals surface area contributed by atoms with Gasteiger partial charge in [-0.15, -0.1) is 0 Å². The minimum absolute atomic E-state index is 0.114. The lowest BCUT2D eigenvalue weighted by Crippen LogP contribution is -2.13. The van der Waals surface area contributed by atoms with Crippen molar-refractivity contribution in [3.63, 3.8) is 0 Å². The van der Waals surface area contributed by atoms with Crippen LogP contribution in [0.4, 0.5) is 5.69 Å². The lowest BCUT2D eigenvalue weighted by atomic mass is 10.0. The molecule has 5 heteroatoms. The van der Waals surface area contributed by atoms with Gasteiger partial charge in [0.05, 0.1) is 16.8 Å². The molecule has 5 rings (SSSR count). The SMILES string of the molecule is O=C(Nc1cccc(-c2ccn[nH]2)c1)c1cc(C2CC2)nc2ccccc12. The van der Waals surface area contributed by atoms with E-state index in [1.54, 1.807) is 6.20 Å². The first-order chi connectivity index (χ1) is 13.3. The van der Waals surface area contributed by atoms with Gasteiger partial charge in [0, 0.05) is 34.4 Å². The summed E-state index contributed by atoms with van der Waals surface area (Å²) in [6.45, 7) is 0. The molecule has 1 saturated carbocycles. The van der Waals surface area contributed by atoms with Crippen LogP contribution >= 0.6 is 0 Å². The number of anilines is 1. The number of rotatable bonds is 4. The van der Waals surface area contributed by atoms with Crippen LogP contribution in [0.1, 0.15) is 34.8 Å². The van der Waals surface area contributed by atoms with Crippen molar-refractivity contribution >= 4 is 22.5 Å². The number of aromatic amines is 1. The highest BCUT2D eigenvalue weighted by molar-refractivity contribution is 6.12. The molecule has 1 fully saturated rings. The van der Waals surface area contributed by atoms with Gasteiger partial charge in [0.25, 0.3) is 5.91 Å². The van der Waals surface area contributed by atoms with Gasteiger partial charge in [-0.3, -0.25) is 14.9 Å². The predicted octanol–water partition coefficient (Wildman–Crippen LogP) is 4.75. The fourth-order valence-corrected chi connectivity index (χ4v) is 3.35. The van der Waals surface area contributed by atoms with Gasteiger partial charge in [0.15, 0.2) is 0 Å². The van der Waals surface area contributed by atoms with Crippen molar-refractivity contribution < 1.29 is 4.79 Å². The van der Waals surface area contributed by atoms with E-state index in [4.69, 9.17) is 4.98 Å². The summed E-state index contributed by atoms with van der Waals surface area (Å²) in [5.41, 5.74) is 5.21.